The molecule has 1 saturated heterocycles. The van der Waals surface area contributed by atoms with Gasteiger partial charge in [0.1, 0.15) is 0 Å². The van der Waals surface area contributed by atoms with E-state index in [9.17, 15) is 9.59 Å². The van der Waals surface area contributed by atoms with Crippen LogP contribution in [0.2, 0.25) is 0 Å². The summed E-state index contributed by atoms with van der Waals surface area (Å²) in [5, 5.41) is 5.21. The number of hydrogen-bond acceptors (Lipinski definition) is 5. The molecule has 2 amide bonds. The Morgan fingerprint density at radius 1 is 1.08 bits per heavy atom. The van der Waals surface area contributed by atoms with Crippen LogP contribution in [0.25, 0.3) is 0 Å². The highest BCUT2D eigenvalue weighted by atomic mass is 32.1. The van der Waals surface area contributed by atoms with Crippen LogP contribution in [0.15, 0.2) is 35.8 Å². The third kappa shape index (κ3) is 3.66. The van der Waals surface area contributed by atoms with Crippen LogP contribution in [0.3, 0.4) is 0 Å². The van der Waals surface area contributed by atoms with E-state index < -0.39 is 0 Å². The molecule has 1 aliphatic carbocycles. The average molecular weight is 356 g/mol. The second-order valence-electron chi connectivity index (χ2n) is 6.42. The molecule has 0 atom stereocenters. The van der Waals surface area contributed by atoms with Crippen LogP contribution in [0.1, 0.15) is 23.2 Å². The Kier molecular flexibility index (Phi) is 4.40. The predicted molar refractivity (Wildman–Crippen MR) is 98.0 cm³/mol. The summed E-state index contributed by atoms with van der Waals surface area (Å²) in [6.45, 7) is 3.23. The van der Waals surface area contributed by atoms with Crippen LogP contribution in [0.5, 0.6) is 0 Å². The van der Waals surface area contributed by atoms with Gasteiger partial charge >= 0.3 is 0 Å². The van der Waals surface area contributed by atoms with E-state index in [2.05, 4.69) is 15.2 Å². The molecule has 2 heterocycles. The number of amides is 2. The van der Waals surface area contributed by atoms with Gasteiger partial charge in [0.25, 0.3) is 5.91 Å². The molecule has 1 N–H and O–H groups in total. The number of nitrogens with one attached hydrogen (secondary N) is 1. The highest BCUT2D eigenvalue weighted by Crippen LogP contribution is 2.31. The Morgan fingerprint density at radius 3 is 2.40 bits per heavy atom. The number of carbonyl (C=O) groups is 2. The molecule has 0 unspecified atom stereocenters. The van der Waals surface area contributed by atoms with Crippen molar-refractivity contribution in [2.75, 3.05) is 36.4 Å². The number of rotatable bonds is 4. The van der Waals surface area contributed by atoms with Crippen molar-refractivity contribution in [3.63, 3.8) is 0 Å². The summed E-state index contributed by atoms with van der Waals surface area (Å²) in [6, 6.07) is 7.60. The maximum atomic E-state index is 12.2. The molecule has 1 aromatic heterocycles. The van der Waals surface area contributed by atoms with Crippen molar-refractivity contribution in [2.45, 2.75) is 12.8 Å². The van der Waals surface area contributed by atoms with Gasteiger partial charge in [-0.3, -0.25) is 14.9 Å². The Morgan fingerprint density at radius 2 is 1.80 bits per heavy atom. The van der Waals surface area contributed by atoms with Crippen molar-refractivity contribution >= 4 is 34.0 Å². The topological polar surface area (TPSA) is 65.5 Å². The minimum Gasteiger partial charge on any atom is -0.368 e. The lowest BCUT2D eigenvalue weighted by Crippen LogP contribution is -2.49. The van der Waals surface area contributed by atoms with E-state index in [-0.39, 0.29) is 5.91 Å². The molecule has 0 bridgehead atoms. The second kappa shape index (κ2) is 6.84. The minimum atomic E-state index is -0.152. The van der Waals surface area contributed by atoms with E-state index in [1.54, 1.807) is 6.20 Å². The molecule has 7 heteroatoms. The van der Waals surface area contributed by atoms with Crippen molar-refractivity contribution in [1.29, 1.82) is 0 Å². The van der Waals surface area contributed by atoms with Gasteiger partial charge in [0.05, 0.1) is 0 Å². The molecule has 0 spiro atoms. The number of carbonyl (C=O) groups excluding carboxylic acids is 2. The van der Waals surface area contributed by atoms with Crippen LogP contribution in [0, 0.1) is 5.92 Å². The summed E-state index contributed by atoms with van der Waals surface area (Å²) in [5.74, 6) is 0.470. The normalized spacial score (nSPS) is 17.4. The zero-order valence-corrected chi connectivity index (χ0v) is 14.7. The highest BCUT2D eigenvalue weighted by molar-refractivity contribution is 7.13. The summed E-state index contributed by atoms with van der Waals surface area (Å²) < 4.78 is 0. The lowest BCUT2D eigenvalue weighted by Gasteiger charge is -2.36. The summed E-state index contributed by atoms with van der Waals surface area (Å²) in [7, 11) is 0. The van der Waals surface area contributed by atoms with E-state index in [4.69, 9.17) is 0 Å². The largest absolute Gasteiger partial charge is 0.368 e. The summed E-state index contributed by atoms with van der Waals surface area (Å²) in [5.41, 5.74) is 1.70. The van der Waals surface area contributed by atoms with Gasteiger partial charge in [-0.2, -0.15) is 0 Å². The van der Waals surface area contributed by atoms with Gasteiger partial charge in [-0.15, -0.1) is 11.3 Å². The molecular formula is C18H20N4O2S. The van der Waals surface area contributed by atoms with Crippen molar-refractivity contribution < 1.29 is 9.59 Å². The Bertz CT molecular complexity index is 748. The van der Waals surface area contributed by atoms with Crippen molar-refractivity contribution in [3.8, 4) is 0 Å². The third-order valence-electron chi connectivity index (χ3n) is 4.67. The van der Waals surface area contributed by atoms with Crippen LogP contribution in [-0.2, 0) is 4.79 Å². The Balaban J connectivity index is 1.34. The quantitative estimate of drug-likeness (QED) is 0.914. The SMILES string of the molecule is O=C(Nc1nccs1)c1ccc(N2CCN(C(=O)C3CC3)CC2)cc1. The highest BCUT2D eigenvalue weighted by Gasteiger charge is 2.34. The van der Waals surface area contributed by atoms with Crippen LogP contribution >= 0.6 is 11.3 Å². The van der Waals surface area contributed by atoms with Crippen molar-refractivity contribution in [2.24, 2.45) is 5.92 Å². The van der Waals surface area contributed by atoms with Gasteiger partial charge in [-0.05, 0) is 37.1 Å². The van der Waals surface area contributed by atoms with Crippen LogP contribution < -0.4 is 10.2 Å². The number of nitrogens with zero attached hydrogens (tertiary/aromatic N) is 3. The van der Waals surface area contributed by atoms with E-state index in [0.29, 0.717) is 22.5 Å². The molecule has 6 nitrogen and oxygen atoms in total. The fraction of sp³-hybridized carbons (Fsp3) is 0.389. The van der Waals surface area contributed by atoms with Gasteiger partial charge in [-0.1, -0.05) is 0 Å². The van der Waals surface area contributed by atoms with E-state index >= 15 is 0 Å². The first kappa shape index (κ1) is 16.1. The van der Waals surface area contributed by atoms with Gasteiger partial charge < -0.3 is 9.80 Å². The van der Waals surface area contributed by atoms with Crippen molar-refractivity contribution in [1.82, 2.24) is 9.88 Å². The summed E-state index contributed by atoms with van der Waals surface area (Å²) in [4.78, 5) is 32.6. The Hall–Kier alpha value is -2.41. The molecule has 2 aliphatic rings. The standard InChI is InChI=1S/C18H20N4O2S/c23-16(20-18-19-7-12-25-18)13-3-5-15(6-4-13)21-8-10-22(11-9-21)17(24)14-1-2-14/h3-7,12,14H,1-2,8-11H2,(H,19,20,23). The predicted octanol–water partition coefficient (Wildman–Crippen LogP) is 2.45. The number of piperazine rings is 1. The molecular weight excluding hydrogens is 336 g/mol. The molecule has 25 heavy (non-hydrogen) atoms. The number of thiazole rings is 1. The van der Waals surface area contributed by atoms with E-state index in [0.717, 1.165) is 44.7 Å². The first-order valence-corrected chi connectivity index (χ1v) is 9.43. The smallest absolute Gasteiger partial charge is 0.257 e. The lowest BCUT2D eigenvalue weighted by atomic mass is 10.1. The number of anilines is 2. The first-order chi connectivity index (χ1) is 12.2. The monoisotopic (exact) mass is 356 g/mol. The maximum absolute atomic E-state index is 12.2. The average Bonchev–Trinajstić information content (AvgIpc) is 3.39. The van der Waals surface area contributed by atoms with Gasteiger partial charge in [0.2, 0.25) is 5.91 Å². The molecule has 1 aliphatic heterocycles. The zero-order valence-electron chi connectivity index (χ0n) is 13.9. The molecule has 1 aromatic carbocycles. The van der Waals surface area contributed by atoms with Crippen LogP contribution in [-0.4, -0.2) is 47.9 Å². The molecule has 130 valence electrons. The maximum Gasteiger partial charge on any atom is 0.257 e. The number of aromatic nitrogens is 1. The second-order valence-corrected chi connectivity index (χ2v) is 7.32. The minimum absolute atomic E-state index is 0.152. The van der Waals surface area contributed by atoms with Gasteiger partial charge in [0, 0.05) is 54.9 Å². The van der Waals surface area contributed by atoms with Gasteiger partial charge in [-0.25, -0.2) is 4.98 Å². The third-order valence-corrected chi connectivity index (χ3v) is 5.35. The fourth-order valence-corrected chi connectivity index (χ4v) is 3.58. The van der Waals surface area contributed by atoms with Gasteiger partial charge in [0.15, 0.2) is 5.13 Å². The van der Waals surface area contributed by atoms with E-state index in [1.165, 1.54) is 11.3 Å². The molecule has 2 aromatic rings. The zero-order chi connectivity index (χ0) is 17.2. The molecule has 1 saturated carbocycles. The number of hydrogen-bond donors (Lipinski definition) is 1. The Labute approximate surface area is 150 Å². The lowest BCUT2D eigenvalue weighted by molar-refractivity contribution is -0.132. The first-order valence-electron chi connectivity index (χ1n) is 8.55. The summed E-state index contributed by atoms with van der Waals surface area (Å²) >= 11 is 1.40. The number of benzene rings is 1. The molecule has 4 rings (SSSR count). The van der Waals surface area contributed by atoms with Crippen molar-refractivity contribution in [3.05, 3.63) is 41.4 Å². The summed E-state index contributed by atoms with van der Waals surface area (Å²) in [6.07, 6.45) is 3.78. The fourth-order valence-electron chi connectivity index (χ4n) is 3.05. The van der Waals surface area contributed by atoms with E-state index in [1.807, 2.05) is 34.5 Å². The van der Waals surface area contributed by atoms with Crippen LogP contribution in [0.4, 0.5) is 10.8 Å². The molecule has 2 fully saturated rings. The molecule has 0 radical (unpaired) electrons.